The minimum absolute atomic E-state index is 0.0681. The summed E-state index contributed by atoms with van der Waals surface area (Å²) >= 11 is 1.52. The van der Waals surface area contributed by atoms with Gasteiger partial charge < -0.3 is 14.6 Å². The van der Waals surface area contributed by atoms with Gasteiger partial charge in [0.1, 0.15) is 23.7 Å². The van der Waals surface area contributed by atoms with Gasteiger partial charge in [-0.05, 0) is 19.9 Å². The van der Waals surface area contributed by atoms with Crippen molar-refractivity contribution in [2.24, 2.45) is 0 Å². The van der Waals surface area contributed by atoms with Gasteiger partial charge >= 0.3 is 0 Å². The van der Waals surface area contributed by atoms with Crippen LogP contribution in [-0.2, 0) is 6.54 Å². The van der Waals surface area contributed by atoms with Crippen molar-refractivity contribution < 1.29 is 17.9 Å². The molecule has 4 rings (SSSR count). The lowest BCUT2D eigenvalue weighted by Gasteiger charge is -2.11. The van der Waals surface area contributed by atoms with E-state index >= 15 is 0 Å². The van der Waals surface area contributed by atoms with Crippen molar-refractivity contribution in [3.8, 4) is 16.3 Å². The molecule has 0 aliphatic carbocycles. The van der Waals surface area contributed by atoms with Crippen LogP contribution in [0.15, 0.2) is 36.0 Å². The minimum Gasteiger partial charge on any atom is -0.493 e. The largest absolute Gasteiger partial charge is 0.493 e. The molecule has 0 fully saturated rings. The van der Waals surface area contributed by atoms with Crippen LogP contribution in [0.3, 0.4) is 0 Å². The van der Waals surface area contributed by atoms with Crippen LogP contribution in [0.4, 0.5) is 19.0 Å². The van der Waals surface area contributed by atoms with Crippen molar-refractivity contribution in [3.63, 3.8) is 0 Å². The number of thiophene rings is 1. The normalized spacial score (nSPS) is 11.2. The second kappa shape index (κ2) is 8.35. The first-order valence-corrected chi connectivity index (χ1v) is 10.3. The average Bonchev–Trinajstić information content (AvgIpc) is 3.32. The van der Waals surface area contributed by atoms with Gasteiger partial charge in [-0.1, -0.05) is 0 Å². The summed E-state index contributed by atoms with van der Waals surface area (Å²) in [5.41, 5.74) is 1.32. The van der Waals surface area contributed by atoms with Crippen LogP contribution in [0.2, 0.25) is 0 Å². The highest BCUT2D eigenvalue weighted by atomic mass is 32.1. The van der Waals surface area contributed by atoms with Gasteiger partial charge in [-0.3, -0.25) is 0 Å². The number of fused-ring (bicyclic) bond motifs is 1. The molecule has 0 bridgehead atoms. The summed E-state index contributed by atoms with van der Waals surface area (Å²) in [6, 6.07) is 5.82. The SMILES string of the molecule is CCOc1csc(-c2cc(NCCn3c(C)cc4c(F)cc(F)c(F)c43)ncn2)c1. The number of anilines is 1. The van der Waals surface area contributed by atoms with Crippen LogP contribution in [0.5, 0.6) is 5.75 Å². The lowest BCUT2D eigenvalue weighted by Crippen LogP contribution is -2.13. The summed E-state index contributed by atoms with van der Waals surface area (Å²) in [7, 11) is 0. The first kappa shape index (κ1) is 20.2. The number of rotatable bonds is 7. The third-order valence-electron chi connectivity index (χ3n) is 4.68. The van der Waals surface area contributed by atoms with E-state index in [1.165, 1.54) is 23.7 Å². The summed E-state index contributed by atoms with van der Waals surface area (Å²) < 4.78 is 49.0. The minimum atomic E-state index is -1.20. The lowest BCUT2D eigenvalue weighted by atomic mass is 10.2. The van der Waals surface area contributed by atoms with E-state index in [2.05, 4.69) is 15.3 Å². The Hall–Kier alpha value is -3.07. The maximum atomic E-state index is 14.3. The molecule has 30 heavy (non-hydrogen) atoms. The molecule has 3 aromatic heterocycles. The maximum Gasteiger partial charge on any atom is 0.183 e. The molecule has 0 aliphatic rings. The standard InChI is InChI=1S/C21H19F3N4OS/c1-3-29-13-7-18(30-10-13)17-9-19(27-11-26-17)25-4-5-28-12(2)6-14-15(22)8-16(23)20(24)21(14)28/h6-11H,3-5H2,1-2H3,(H,25,26,27). The van der Waals surface area contributed by atoms with Crippen LogP contribution in [0.25, 0.3) is 21.5 Å². The van der Waals surface area contributed by atoms with Crippen molar-refractivity contribution in [2.75, 3.05) is 18.5 Å². The fraction of sp³-hybridized carbons (Fsp3) is 0.238. The van der Waals surface area contributed by atoms with Gasteiger partial charge in [-0.2, -0.15) is 0 Å². The second-order valence-corrected chi connectivity index (χ2v) is 7.56. The van der Waals surface area contributed by atoms with Crippen LogP contribution in [0, 0.1) is 24.4 Å². The molecule has 0 saturated carbocycles. The number of aromatic nitrogens is 3. The Morgan fingerprint density at radius 3 is 2.73 bits per heavy atom. The average molecular weight is 432 g/mol. The van der Waals surface area contributed by atoms with Crippen LogP contribution in [0.1, 0.15) is 12.6 Å². The molecule has 0 atom stereocenters. The summed E-state index contributed by atoms with van der Waals surface area (Å²) in [5.74, 6) is -1.64. The van der Waals surface area contributed by atoms with Crippen molar-refractivity contribution >= 4 is 28.1 Å². The first-order valence-electron chi connectivity index (χ1n) is 9.39. The van der Waals surface area contributed by atoms with E-state index in [0.29, 0.717) is 37.3 Å². The first-order chi connectivity index (χ1) is 14.5. The third-order valence-corrected chi connectivity index (χ3v) is 5.61. The molecule has 5 nitrogen and oxygen atoms in total. The molecule has 3 heterocycles. The van der Waals surface area contributed by atoms with Gasteiger partial charge in [0.15, 0.2) is 11.6 Å². The number of ether oxygens (including phenoxy) is 1. The predicted molar refractivity (Wildman–Crippen MR) is 112 cm³/mol. The molecular formula is C21H19F3N4OS. The van der Waals surface area contributed by atoms with Gasteiger partial charge in [0, 0.05) is 47.7 Å². The number of nitrogens with zero attached hydrogens (tertiary/aromatic N) is 3. The maximum absolute atomic E-state index is 14.3. The third kappa shape index (κ3) is 3.85. The Morgan fingerprint density at radius 2 is 1.93 bits per heavy atom. The molecule has 156 valence electrons. The molecule has 0 radical (unpaired) electrons. The topological polar surface area (TPSA) is 52.0 Å². The molecule has 0 saturated heterocycles. The Morgan fingerprint density at radius 1 is 1.10 bits per heavy atom. The van der Waals surface area contributed by atoms with Crippen LogP contribution < -0.4 is 10.1 Å². The molecule has 1 aromatic carbocycles. The smallest absolute Gasteiger partial charge is 0.183 e. The molecule has 9 heteroatoms. The number of nitrogens with one attached hydrogen (secondary N) is 1. The summed E-state index contributed by atoms with van der Waals surface area (Å²) in [5, 5.41) is 5.14. The highest BCUT2D eigenvalue weighted by Gasteiger charge is 2.18. The summed E-state index contributed by atoms with van der Waals surface area (Å²) in [6.07, 6.45) is 1.46. The molecule has 0 spiro atoms. The van der Waals surface area contributed by atoms with E-state index in [-0.39, 0.29) is 10.9 Å². The number of halogens is 3. The molecule has 0 aliphatic heterocycles. The van der Waals surface area contributed by atoms with Gasteiger partial charge in [0.05, 0.1) is 22.7 Å². The summed E-state index contributed by atoms with van der Waals surface area (Å²) in [6.45, 7) is 4.94. The van der Waals surface area contributed by atoms with Crippen LogP contribution in [-0.4, -0.2) is 27.7 Å². The number of benzene rings is 1. The van der Waals surface area contributed by atoms with E-state index < -0.39 is 17.5 Å². The van der Waals surface area contributed by atoms with E-state index in [9.17, 15) is 13.2 Å². The summed E-state index contributed by atoms with van der Waals surface area (Å²) in [4.78, 5) is 9.45. The number of hydrogen-bond donors (Lipinski definition) is 1. The quantitative estimate of drug-likeness (QED) is 0.398. The Balaban J connectivity index is 1.51. The van der Waals surface area contributed by atoms with Crippen molar-refractivity contribution in [2.45, 2.75) is 20.4 Å². The monoisotopic (exact) mass is 432 g/mol. The van der Waals surface area contributed by atoms with Gasteiger partial charge in [0.25, 0.3) is 0 Å². The van der Waals surface area contributed by atoms with Crippen LogP contribution >= 0.6 is 11.3 Å². The predicted octanol–water partition coefficient (Wildman–Crippen LogP) is 5.40. The zero-order valence-electron chi connectivity index (χ0n) is 16.4. The fourth-order valence-electron chi connectivity index (χ4n) is 3.33. The van der Waals surface area contributed by atoms with E-state index in [4.69, 9.17) is 4.74 Å². The zero-order valence-corrected chi connectivity index (χ0v) is 17.2. The highest BCUT2D eigenvalue weighted by molar-refractivity contribution is 7.13. The molecule has 0 unspecified atom stereocenters. The lowest BCUT2D eigenvalue weighted by molar-refractivity contribution is 0.342. The molecule has 1 N–H and O–H groups in total. The van der Waals surface area contributed by atoms with E-state index in [0.717, 1.165) is 16.3 Å². The van der Waals surface area contributed by atoms with Gasteiger partial charge in [0.2, 0.25) is 0 Å². The van der Waals surface area contributed by atoms with Gasteiger partial charge in [-0.25, -0.2) is 23.1 Å². The second-order valence-electron chi connectivity index (χ2n) is 6.65. The molecule has 4 aromatic rings. The highest BCUT2D eigenvalue weighted by Crippen LogP contribution is 2.31. The number of aryl methyl sites for hydroxylation is 1. The van der Waals surface area contributed by atoms with Gasteiger partial charge in [-0.15, -0.1) is 11.3 Å². The van der Waals surface area contributed by atoms with Crippen molar-refractivity contribution in [1.29, 1.82) is 0 Å². The Bertz CT molecular complexity index is 1200. The van der Waals surface area contributed by atoms with E-state index in [1.54, 1.807) is 11.5 Å². The zero-order chi connectivity index (χ0) is 21.3. The van der Waals surface area contributed by atoms with E-state index in [1.807, 2.05) is 24.4 Å². The molecular weight excluding hydrogens is 413 g/mol. The van der Waals surface area contributed by atoms with Crippen molar-refractivity contribution in [1.82, 2.24) is 14.5 Å². The molecule has 0 amide bonds. The number of hydrogen-bond acceptors (Lipinski definition) is 5. The Labute approximate surface area is 175 Å². The fourth-order valence-corrected chi connectivity index (χ4v) is 4.13. The van der Waals surface area contributed by atoms with Crippen molar-refractivity contribution in [3.05, 3.63) is 59.1 Å². The Kier molecular flexibility index (Phi) is 5.63.